The zero-order valence-electron chi connectivity index (χ0n) is 9.46. The van der Waals surface area contributed by atoms with Crippen molar-refractivity contribution in [3.8, 4) is 0 Å². The number of carbonyl (C=O) groups is 2. The maximum absolute atomic E-state index is 12.0. The van der Waals surface area contributed by atoms with Crippen molar-refractivity contribution in [3.05, 3.63) is 35.4 Å². The van der Waals surface area contributed by atoms with E-state index in [0.717, 1.165) is 4.90 Å². The summed E-state index contributed by atoms with van der Waals surface area (Å²) in [5.41, 5.74) is 0.586. The molecular formula is C11H10ClNO4S. The van der Waals surface area contributed by atoms with Gasteiger partial charge in [0.1, 0.15) is 0 Å². The van der Waals surface area contributed by atoms with Gasteiger partial charge in [-0.2, -0.15) is 0 Å². The maximum atomic E-state index is 12.0. The van der Waals surface area contributed by atoms with Crippen LogP contribution >= 0.6 is 10.7 Å². The monoisotopic (exact) mass is 287 g/mol. The molecule has 96 valence electrons. The van der Waals surface area contributed by atoms with E-state index in [1.54, 1.807) is 12.1 Å². The second-order valence-corrected chi connectivity index (χ2v) is 6.90. The third-order valence-electron chi connectivity index (χ3n) is 2.71. The van der Waals surface area contributed by atoms with Gasteiger partial charge in [0.05, 0.1) is 22.9 Å². The molecule has 0 N–H and O–H groups in total. The Morgan fingerprint density at radius 3 is 2.00 bits per heavy atom. The Hall–Kier alpha value is -1.40. The number of benzene rings is 1. The summed E-state index contributed by atoms with van der Waals surface area (Å²) in [6.07, 6.45) is 0. The van der Waals surface area contributed by atoms with E-state index in [0.29, 0.717) is 11.1 Å². The predicted molar refractivity (Wildman–Crippen MR) is 66.0 cm³/mol. The normalized spacial score (nSPS) is 16.9. The fourth-order valence-electron chi connectivity index (χ4n) is 1.97. The molecule has 5 nitrogen and oxygen atoms in total. The lowest BCUT2D eigenvalue weighted by atomic mass is 10.1. The van der Waals surface area contributed by atoms with Gasteiger partial charge in [-0.1, -0.05) is 12.1 Å². The lowest BCUT2D eigenvalue weighted by Gasteiger charge is -2.20. The maximum Gasteiger partial charge on any atom is 0.261 e. The van der Waals surface area contributed by atoms with Gasteiger partial charge in [0.25, 0.3) is 11.8 Å². The van der Waals surface area contributed by atoms with Gasteiger partial charge in [-0.15, -0.1) is 0 Å². The summed E-state index contributed by atoms with van der Waals surface area (Å²) in [4.78, 5) is 24.9. The van der Waals surface area contributed by atoms with E-state index in [-0.39, 0.29) is 0 Å². The summed E-state index contributed by atoms with van der Waals surface area (Å²) < 4.78 is 22.0. The van der Waals surface area contributed by atoms with E-state index in [1.807, 2.05) is 0 Å². The number of hydrogen-bond donors (Lipinski definition) is 0. The molecule has 0 radical (unpaired) electrons. The van der Waals surface area contributed by atoms with Crippen LogP contribution < -0.4 is 0 Å². The second-order valence-electron chi connectivity index (χ2n) is 4.08. The Balaban J connectivity index is 2.34. The molecule has 1 aliphatic rings. The van der Waals surface area contributed by atoms with Gasteiger partial charge >= 0.3 is 0 Å². The van der Waals surface area contributed by atoms with Gasteiger partial charge in [-0.25, -0.2) is 8.42 Å². The van der Waals surface area contributed by atoms with E-state index in [2.05, 4.69) is 0 Å². The van der Waals surface area contributed by atoms with Crippen LogP contribution in [0.5, 0.6) is 0 Å². The van der Waals surface area contributed by atoms with Gasteiger partial charge in [0.2, 0.25) is 9.05 Å². The highest BCUT2D eigenvalue weighted by molar-refractivity contribution is 8.13. The van der Waals surface area contributed by atoms with Crippen molar-refractivity contribution in [1.29, 1.82) is 0 Å². The molecule has 0 saturated heterocycles. The molecule has 7 heteroatoms. The summed E-state index contributed by atoms with van der Waals surface area (Å²) in [5, 5.41) is 0. The minimum Gasteiger partial charge on any atom is -0.270 e. The Labute approximate surface area is 109 Å². The molecule has 1 heterocycles. The van der Waals surface area contributed by atoms with Crippen LogP contribution in [0.3, 0.4) is 0 Å². The molecule has 1 atom stereocenters. The number of rotatable bonds is 3. The van der Waals surface area contributed by atoms with E-state index >= 15 is 0 Å². The minimum absolute atomic E-state index is 0.293. The molecule has 18 heavy (non-hydrogen) atoms. The fraction of sp³-hybridized carbons (Fsp3) is 0.273. The number of amides is 2. The Morgan fingerprint density at radius 1 is 1.17 bits per heavy atom. The molecule has 0 fully saturated rings. The van der Waals surface area contributed by atoms with Crippen LogP contribution in [0.2, 0.25) is 0 Å². The molecular weight excluding hydrogens is 278 g/mol. The van der Waals surface area contributed by atoms with Crippen molar-refractivity contribution in [2.24, 2.45) is 0 Å². The number of fused-ring (bicyclic) bond motifs is 1. The quantitative estimate of drug-likeness (QED) is 0.619. The molecule has 2 amide bonds. The average Bonchev–Trinajstić information content (AvgIpc) is 2.50. The number of nitrogens with zero attached hydrogens (tertiary/aromatic N) is 1. The predicted octanol–water partition coefficient (Wildman–Crippen LogP) is 1.24. The van der Waals surface area contributed by atoms with Gasteiger partial charge in [0.15, 0.2) is 0 Å². The first-order valence-electron chi connectivity index (χ1n) is 5.20. The van der Waals surface area contributed by atoms with Crippen LogP contribution in [0.15, 0.2) is 24.3 Å². The number of carbonyl (C=O) groups excluding carboxylic acids is 2. The van der Waals surface area contributed by atoms with Crippen molar-refractivity contribution < 1.29 is 18.0 Å². The van der Waals surface area contributed by atoms with Crippen LogP contribution in [0, 0.1) is 0 Å². The van der Waals surface area contributed by atoms with Crippen molar-refractivity contribution in [2.45, 2.75) is 13.0 Å². The summed E-state index contributed by atoms with van der Waals surface area (Å²) in [6.45, 7) is 1.47. The minimum atomic E-state index is -3.77. The Bertz CT molecular complexity index is 591. The number of imide groups is 1. The molecule has 0 saturated carbocycles. The van der Waals surface area contributed by atoms with Crippen molar-refractivity contribution in [1.82, 2.24) is 4.90 Å². The van der Waals surface area contributed by atoms with Gasteiger partial charge in [0, 0.05) is 10.7 Å². The third kappa shape index (κ3) is 2.26. The zero-order valence-corrected chi connectivity index (χ0v) is 11.0. The molecule has 0 bridgehead atoms. The highest BCUT2D eigenvalue weighted by Gasteiger charge is 2.39. The highest BCUT2D eigenvalue weighted by atomic mass is 35.7. The van der Waals surface area contributed by atoms with Gasteiger partial charge in [-0.3, -0.25) is 14.5 Å². The zero-order chi connectivity index (χ0) is 13.5. The summed E-state index contributed by atoms with van der Waals surface area (Å²) >= 11 is 0. The van der Waals surface area contributed by atoms with Crippen LogP contribution in [0.1, 0.15) is 27.6 Å². The molecule has 0 spiro atoms. The van der Waals surface area contributed by atoms with Crippen LogP contribution in [-0.2, 0) is 9.05 Å². The fourth-order valence-corrected chi connectivity index (χ4v) is 3.24. The SMILES string of the molecule is C[C@@H](CS(=O)(=O)Cl)N1C(=O)c2ccccc2C1=O. The molecule has 1 aliphatic heterocycles. The van der Waals surface area contributed by atoms with E-state index in [4.69, 9.17) is 10.7 Å². The second kappa shape index (κ2) is 4.37. The van der Waals surface area contributed by atoms with E-state index < -0.39 is 32.7 Å². The first-order chi connectivity index (χ1) is 8.31. The molecule has 0 aliphatic carbocycles. The number of hydrogen-bond acceptors (Lipinski definition) is 4. The molecule has 1 aromatic carbocycles. The summed E-state index contributed by atoms with van der Waals surface area (Å²) in [5.74, 6) is -1.42. The summed E-state index contributed by atoms with van der Waals surface area (Å²) in [6, 6.07) is 5.59. The van der Waals surface area contributed by atoms with Gasteiger partial charge in [-0.05, 0) is 19.1 Å². The standard InChI is InChI=1S/C11H10ClNO4S/c1-7(6-18(12,16)17)13-10(14)8-4-2-3-5-9(8)11(13)15/h2-5,7H,6H2,1H3/t7-/m0/s1. The lowest BCUT2D eigenvalue weighted by molar-refractivity contribution is 0.0611. The van der Waals surface area contributed by atoms with Crippen LogP contribution in [0.4, 0.5) is 0 Å². The topological polar surface area (TPSA) is 71.5 Å². The molecule has 0 unspecified atom stereocenters. The Morgan fingerprint density at radius 2 is 1.61 bits per heavy atom. The Kier molecular flexibility index (Phi) is 3.16. The van der Waals surface area contributed by atoms with Crippen LogP contribution in [0.25, 0.3) is 0 Å². The van der Waals surface area contributed by atoms with Gasteiger partial charge < -0.3 is 0 Å². The molecule has 1 aromatic rings. The highest BCUT2D eigenvalue weighted by Crippen LogP contribution is 2.25. The first-order valence-corrected chi connectivity index (χ1v) is 7.68. The largest absolute Gasteiger partial charge is 0.270 e. The lowest BCUT2D eigenvalue weighted by Crippen LogP contribution is -2.41. The average molecular weight is 288 g/mol. The molecule has 2 rings (SSSR count). The van der Waals surface area contributed by atoms with E-state index in [9.17, 15) is 18.0 Å². The third-order valence-corrected chi connectivity index (χ3v) is 3.97. The van der Waals surface area contributed by atoms with Crippen molar-refractivity contribution >= 4 is 31.5 Å². The van der Waals surface area contributed by atoms with Crippen molar-refractivity contribution in [3.63, 3.8) is 0 Å². The first kappa shape index (κ1) is 13.0. The number of halogens is 1. The smallest absolute Gasteiger partial charge is 0.261 e. The van der Waals surface area contributed by atoms with Crippen LogP contribution in [-0.4, -0.2) is 36.9 Å². The summed E-state index contributed by atoms with van der Waals surface area (Å²) in [7, 11) is 1.37. The van der Waals surface area contributed by atoms with E-state index in [1.165, 1.54) is 19.1 Å². The molecule has 0 aromatic heterocycles. The van der Waals surface area contributed by atoms with Crippen molar-refractivity contribution in [2.75, 3.05) is 5.75 Å².